The van der Waals surface area contributed by atoms with E-state index in [1.165, 1.54) is 42.3 Å². The lowest BCUT2D eigenvalue weighted by Crippen LogP contribution is -2.54. The van der Waals surface area contributed by atoms with Crippen LogP contribution in [0.1, 0.15) is 30.5 Å². The Morgan fingerprint density at radius 1 is 0.830 bits per heavy atom. The summed E-state index contributed by atoms with van der Waals surface area (Å²) >= 11 is 0. The van der Waals surface area contributed by atoms with Gasteiger partial charge in [0.1, 0.15) is 18.3 Å². The molecule has 0 bridgehead atoms. The van der Waals surface area contributed by atoms with Gasteiger partial charge in [0, 0.05) is 19.0 Å². The first-order valence-electron chi connectivity index (χ1n) is 14.8. The van der Waals surface area contributed by atoms with Crippen LogP contribution in [0.15, 0.2) is 114 Å². The number of anilines is 1. The first kappa shape index (κ1) is 35.0. The normalized spacial score (nSPS) is 12.3. The number of alkyl halides is 3. The monoisotopic (exact) mass is 667 g/mol. The van der Waals surface area contributed by atoms with Gasteiger partial charge < -0.3 is 15.0 Å². The van der Waals surface area contributed by atoms with E-state index >= 15 is 0 Å². The molecule has 0 spiro atoms. The molecule has 0 aliphatic carbocycles. The number of halogens is 3. The van der Waals surface area contributed by atoms with Gasteiger partial charge in [-0.3, -0.25) is 13.9 Å². The van der Waals surface area contributed by atoms with Crippen molar-refractivity contribution in [3.63, 3.8) is 0 Å². The standard InChI is InChI=1S/C35H36F3N3O5S/c1-25(2)39-34(43)32(21-26-12-6-4-7-13-26)40(23-27-14-10-17-30(20-27)46-3)33(42)24-41(47(44,45)31-18-8-5-9-19-31)29-16-11-15-28(22-29)35(36,37)38/h4-20,22,25,32H,21,23-24H2,1-3H3,(H,39,43)/t32-/m1/s1. The molecule has 12 heteroatoms. The number of hydrogen-bond acceptors (Lipinski definition) is 5. The minimum atomic E-state index is -4.77. The Kier molecular flexibility index (Phi) is 11.3. The fraction of sp³-hybridized carbons (Fsp3) is 0.257. The molecule has 0 aromatic heterocycles. The molecule has 0 aliphatic rings. The van der Waals surface area contributed by atoms with Crippen molar-refractivity contribution in [3.05, 3.63) is 126 Å². The van der Waals surface area contributed by atoms with Gasteiger partial charge in [0.2, 0.25) is 11.8 Å². The van der Waals surface area contributed by atoms with Crippen LogP contribution in [0.4, 0.5) is 18.9 Å². The van der Waals surface area contributed by atoms with Crippen LogP contribution in [0.5, 0.6) is 5.75 Å². The number of hydrogen-bond donors (Lipinski definition) is 1. The number of nitrogens with zero attached hydrogens (tertiary/aromatic N) is 2. The van der Waals surface area contributed by atoms with Crippen LogP contribution < -0.4 is 14.4 Å². The van der Waals surface area contributed by atoms with Crippen LogP contribution in [0.2, 0.25) is 0 Å². The topological polar surface area (TPSA) is 96.0 Å². The van der Waals surface area contributed by atoms with E-state index in [1.54, 1.807) is 68.4 Å². The molecule has 1 N–H and O–H groups in total. The predicted octanol–water partition coefficient (Wildman–Crippen LogP) is 6.07. The largest absolute Gasteiger partial charge is 0.497 e. The zero-order valence-electron chi connectivity index (χ0n) is 26.1. The summed E-state index contributed by atoms with van der Waals surface area (Å²) in [4.78, 5) is 29.3. The second-order valence-corrected chi connectivity index (χ2v) is 13.0. The average Bonchev–Trinajstić information content (AvgIpc) is 3.05. The maximum Gasteiger partial charge on any atom is 0.416 e. The SMILES string of the molecule is COc1cccc(CN(C(=O)CN(c2cccc(C(F)(F)F)c2)S(=O)(=O)c2ccccc2)[C@H](Cc2ccccc2)C(=O)NC(C)C)c1. The summed E-state index contributed by atoms with van der Waals surface area (Å²) in [5, 5.41) is 2.86. The smallest absolute Gasteiger partial charge is 0.416 e. The van der Waals surface area contributed by atoms with Gasteiger partial charge in [0.15, 0.2) is 0 Å². The van der Waals surface area contributed by atoms with E-state index in [4.69, 9.17) is 4.74 Å². The molecule has 0 radical (unpaired) electrons. The van der Waals surface area contributed by atoms with E-state index in [9.17, 15) is 31.2 Å². The number of ether oxygens (including phenoxy) is 1. The summed E-state index contributed by atoms with van der Waals surface area (Å²) in [5.41, 5.74) is -0.108. The van der Waals surface area contributed by atoms with Crippen molar-refractivity contribution in [2.45, 2.75) is 50.0 Å². The molecular formula is C35H36F3N3O5S. The highest BCUT2D eigenvalue weighted by Crippen LogP contribution is 2.33. The minimum absolute atomic E-state index is 0.0874. The molecule has 0 aliphatic heterocycles. The highest BCUT2D eigenvalue weighted by Gasteiger charge is 2.36. The number of carbonyl (C=O) groups is 2. The summed E-state index contributed by atoms with van der Waals surface area (Å²) in [7, 11) is -3.07. The molecular weight excluding hydrogens is 631 g/mol. The molecule has 8 nitrogen and oxygen atoms in total. The molecule has 248 valence electrons. The lowest BCUT2D eigenvalue weighted by molar-refractivity contribution is -0.140. The minimum Gasteiger partial charge on any atom is -0.497 e. The van der Waals surface area contributed by atoms with Gasteiger partial charge in [0.25, 0.3) is 10.0 Å². The van der Waals surface area contributed by atoms with E-state index in [2.05, 4.69) is 5.32 Å². The van der Waals surface area contributed by atoms with Crippen LogP contribution in [-0.4, -0.2) is 50.9 Å². The second kappa shape index (κ2) is 15.2. The summed E-state index contributed by atoms with van der Waals surface area (Å²) in [6.07, 6.45) is -4.68. The van der Waals surface area contributed by atoms with Crippen molar-refractivity contribution in [1.82, 2.24) is 10.2 Å². The van der Waals surface area contributed by atoms with E-state index in [0.717, 1.165) is 17.7 Å². The number of sulfonamides is 1. The second-order valence-electron chi connectivity index (χ2n) is 11.1. The molecule has 4 aromatic rings. The van der Waals surface area contributed by atoms with Crippen molar-refractivity contribution >= 4 is 27.5 Å². The summed E-state index contributed by atoms with van der Waals surface area (Å²) in [5.74, 6) is -0.778. The van der Waals surface area contributed by atoms with Crippen LogP contribution in [0, 0.1) is 0 Å². The maximum absolute atomic E-state index is 14.5. The number of rotatable bonds is 13. The summed E-state index contributed by atoms with van der Waals surface area (Å²) in [6, 6.07) is 25.4. The van der Waals surface area contributed by atoms with Gasteiger partial charge in [0.05, 0.1) is 23.3 Å². The molecule has 0 unspecified atom stereocenters. The van der Waals surface area contributed by atoms with Crippen LogP contribution in [0.25, 0.3) is 0 Å². The molecule has 4 rings (SSSR count). The van der Waals surface area contributed by atoms with Crippen molar-refractivity contribution in [2.24, 2.45) is 0 Å². The maximum atomic E-state index is 14.5. The Morgan fingerprint density at radius 3 is 2.06 bits per heavy atom. The third-order valence-electron chi connectivity index (χ3n) is 7.26. The van der Waals surface area contributed by atoms with E-state index in [-0.39, 0.29) is 29.6 Å². The van der Waals surface area contributed by atoms with E-state index < -0.39 is 46.2 Å². The number of nitrogens with one attached hydrogen (secondary N) is 1. The molecule has 0 heterocycles. The Bertz CT molecular complexity index is 1770. The van der Waals surface area contributed by atoms with Crippen molar-refractivity contribution in [3.8, 4) is 5.75 Å². The number of amides is 2. The molecule has 0 fully saturated rings. The number of carbonyl (C=O) groups excluding carboxylic acids is 2. The molecule has 2 amide bonds. The molecule has 0 saturated heterocycles. The Balaban J connectivity index is 1.85. The first-order valence-corrected chi connectivity index (χ1v) is 16.3. The van der Waals surface area contributed by atoms with Gasteiger partial charge >= 0.3 is 6.18 Å². The van der Waals surface area contributed by atoms with Gasteiger partial charge in [-0.25, -0.2) is 8.42 Å². The fourth-order valence-electron chi connectivity index (χ4n) is 4.99. The molecule has 1 atom stereocenters. The predicted molar refractivity (Wildman–Crippen MR) is 173 cm³/mol. The Labute approximate surface area is 272 Å². The van der Waals surface area contributed by atoms with Crippen molar-refractivity contribution in [2.75, 3.05) is 18.0 Å². The lowest BCUT2D eigenvalue weighted by Gasteiger charge is -2.34. The van der Waals surface area contributed by atoms with Gasteiger partial charge in [-0.2, -0.15) is 13.2 Å². The van der Waals surface area contributed by atoms with Gasteiger partial charge in [-0.05, 0) is 67.4 Å². The molecule has 47 heavy (non-hydrogen) atoms. The van der Waals surface area contributed by atoms with E-state index in [1.807, 2.05) is 6.07 Å². The summed E-state index contributed by atoms with van der Waals surface area (Å²) in [6.45, 7) is 2.53. The summed E-state index contributed by atoms with van der Waals surface area (Å²) < 4.78 is 75.3. The highest BCUT2D eigenvalue weighted by atomic mass is 32.2. The molecule has 0 saturated carbocycles. The van der Waals surface area contributed by atoms with Crippen molar-refractivity contribution < 1.29 is 35.9 Å². The van der Waals surface area contributed by atoms with Gasteiger partial charge in [-0.15, -0.1) is 0 Å². The Morgan fingerprint density at radius 2 is 1.45 bits per heavy atom. The highest BCUT2D eigenvalue weighted by molar-refractivity contribution is 7.92. The number of benzene rings is 4. The van der Waals surface area contributed by atoms with E-state index in [0.29, 0.717) is 21.7 Å². The zero-order chi connectivity index (χ0) is 34.2. The van der Waals surface area contributed by atoms with Crippen molar-refractivity contribution in [1.29, 1.82) is 0 Å². The third kappa shape index (κ3) is 9.13. The number of methoxy groups -OCH3 is 1. The average molecular weight is 668 g/mol. The van der Waals surface area contributed by atoms with Crippen LogP contribution in [0.3, 0.4) is 0 Å². The molecule has 4 aromatic carbocycles. The zero-order valence-corrected chi connectivity index (χ0v) is 27.0. The Hall–Kier alpha value is -4.84. The third-order valence-corrected chi connectivity index (χ3v) is 9.05. The van der Waals surface area contributed by atoms with Crippen LogP contribution >= 0.6 is 0 Å². The van der Waals surface area contributed by atoms with Crippen LogP contribution in [-0.2, 0) is 38.8 Å². The lowest BCUT2D eigenvalue weighted by atomic mass is 10.0. The first-order chi connectivity index (χ1) is 22.3. The van der Waals surface area contributed by atoms with Gasteiger partial charge in [-0.1, -0.05) is 66.7 Å². The fourth-order valence-corrected chi connectivity index (χ4v) is 6.42. The quantitative estimate of drug-likeness (QED) is 0.187.